The van der Waals surface area contributed by atoms with Crippen LogP contribution in [-0.4, -0.2) is 24.1 Å². The highest BCUT2D eigenvalue weighted by molar-refractivity contribution is 5.94. The summed E-state index contributed by atoms with van der Waals surface area (Å²) in [4.78, 5) is 27.4. The molecule has 2 rings (SSSR count). The number of ether oxygens (including phenoxy) is 2. The van der Waals surface area contributed by atoms with Crippen LogP contribution in [0.25, 0.3) is 0 Å². The Hall–Kier alpha value is -2.76. The van der Waals surface area contributed by atoms with E-state index in [1.54, 1.807) is 18.2 Å². The zero-order chi connectivity index (χ0) is 19.8. The normalized spacial score (nSPS) is 10.5. The Morgan fingerprint density at radius 1 is 1.04 bits per heavy atom. The van der Waals surface area contributed by atoms with Crippen molar-refractivity contribution in [2.75, 3.05) is 13.2 Å². The largest absolute Gasteiger partial charge is 0.490 e. The highest BCUT2D eigenvalue weighted by Crippen LogP contribution is 2.29. The minimum Gasteiger partial charge on any atom is -0.490 e. The molecular weight excluding hydrogens is 344 g/mol. The van der Waals surface area contributed by atoms with E-state index in [2.05, 4.69) is 10.3 Å². The van der Waals surface area contributed by atoms with Crippen LogP contribution in [0.2, 0.25) is 0 Å². The molecule has 0 spiro atoms. The number of hydrogen-bond donors (Lipinski definition) is 2. The molecule has 0 unspecified atom stereocenters. The summed E-state index contributed by atoms with van der Waals surface area (Å²) in [7, 11) is 0. The smallest absolute Gasteiger partial charge is 0.253 e. The topological polar surface area (TPSA) is 80.4 Å². The van der Waals surface area contributed by atoms with Gasteiger partial charge in [-0.25, -0.2) is 0 Å². The first kappa shape index (κ1) is 20.6. The third-order valence-electron chi connectivity index (χ3n) is 4.05. The van der Waals surface area contributed by atoms with Gasteiger partial charge in [-0.1, -0.05) is 13.8 Å². The molecule has 0 aliphatic carbocycles. The molecule has 146 valence electrons. The van der Waals surface area contributed by atoms with Gasteiger partial charge in [0.25, 0.3) is 11.5 Å². The Kier molecular flexibility index (Phi) is 7.46. The van der Waals surface area contributed by atoms with Gasteiger partial charge in [0.15, 0.2) is 11.5 Å². The molecule has 0 aliphatic heterocycles. The standard InChI is InChI=1S/C21H28N2O4/c1-5-9-26-18-8-7-16(12-19(18)27-10-6-2)20(24)22-13-17-14(3)11-15(4)23-21(17)25/h7-8,11-12H,5-6,9-10,13H2,1-4H3,(H,22,24)(H,23,25). The lowest BCUT2D eigenvalue weighted by Crippen LogP contribution is -2.28. The van der Waals surface area contributed by atoms with Gasteiger partial charge in [0.1, 0.15) is 0 Å². The monoisotopic (exact) mass is 372 g/mol. The second kappa shape index (κ2) is 9.80. The van der Waals surface area contributed by atoms with Gasteiger partial charge >= 0.3 is 0 Å². The molecule has 1 heterocycles. The Morgan fingerprint density at radius 3 is 2.33 bits per heavy atom. The molecule has 0 bridgehead atoms. The van der Waals surface area contributed by atoms with E-state index < -0.39 is 0 Å². The summed E-state index contributed by atoms with van der Waals surface area (Å²) in [6.45, 7) is 9.04. The number of aromatic amines is 1. The number of carbonyl (C=O) groups excluding carboxylic acids is 1. The van der Waals surface area contributed by atoms with Crippen molar-refractivity contribution in [1.82, 2.24) is 10.3 Å². The molecule has 2 aromatic rings. The summed E-state index contributed by atoms with van der Waals surface area (Å²) in [5, 5.41) is 2.81. The van der Waals surface area contributed by atoms with E-state index in [1.807, 2.05) is 33.8 Å². The van der Waals surface area contributed by atoms with E-state index >= 15 is 0 Å². The Balaban J connectivity index is 2.14. The van der Waals surface area contributed by atoms with Crippen molar-refractivity contribution in [3.05, 3.63) is 57.0 Å². The second-order valence-electron chi connectivity index (χ2n) is 6.48. The molecule has 2 N–H and O–H groups in total. The number of hydrogen-bond acceptors (Lipinski definition) is 4. The SMILES string of the molecule is CCCOc1ccc(C(=O)NCc2c(C)cc(C)[nH]c2=O)cc1OCCC. The van der Waals surface area contributed by atoms with Crippen molar-refractivity contribution in [2.24, 2.45) is 0 Å². The van der Waals surface area contributed by atoms with Gasteiger partial charge in [-0.3, -0.25) is 9.59 Å². The average Bonchev–Trinajstić information content (AvgIpc) is 2.63. The van der Waals surface area contributed by atoms with Crippen LogP contribution in [0, 0.1) is 13.8 Å². The molecule has 0 fully saturated rings. The molecule has 27 heavy (non-hydrogen) atoms. The van der Waals surface area contributed by atoms with Crippen molar-refractivity contribution in [3.8, 4) is 11.5 Å². The van der Waals surface area contributed by atoms with E-state index in [4.69, 9.17) is 9.47 Å². The molecule has 0 saturated heterocycles. The summed E-state index contributed by atoms with van der Waals surface area (Å²) in [6, 6.07) is 7.02. The maximum absolute atomic E-state index is 12.5. The fourth-order valence-electron chi connectivity index (χ4n) is 2.68. The van der Waals surface area contributed by atoms with Gasteiger partial charge < -0.3 is 19.8 Å². The van der Waals surface area contributed by atoms with Gasteiger partial charge in [0.05, 0.1) is 13.2 Å². The number of benzene rings is 1. The number of rotatable bonds is 9. The Bertz CT molecular complexity index is 843. The van der Waals surface area contributed by atoms with Crippen LogP contribution in [0.4, 0.5) is 0 Å². The highest BCUT2D eigenvalue weighted by atomic mass is 16.5. The molecule has 6 heteroatoms. The summed E-state index contributed by atoms with van der Waals surface area (Å²) in [6.07, 6.45) is 1.75. The molecule has 0 saturated carbocycles. The zero-order valence-electron chi connectivity index (χ0n) is 16.5. The van der Waals surface area contributed by atoms with E-state index in [0.29, 0.717) is 35.8 Å². The molecule has 1 aromatic heterocycles. The number of carbonyl (C=O) groups is 1. The molecule has 0 radical (unpaired) electrons. The fourth-order valence-corrected chi connectivity index (χ4v) is 2.68. The summed E-state index contributed by atoms with van der Waals surface area (Å²) >= 11 is 0. The summed E-state index contributed by atoms with van der Waals surface area (Å²) in [5.74, 6) is 0.924. The first-order valence-electron chi connectivity index (χ1n) is 9.33. The van der Waals surface area contributed by atoms with E-state index in [-0.39, 0.29) is 18.0 Å². The molecule has 1 aromatic carbocycles. The molecule has 1 amide bonds. The molecular formula is C21H28N2O4. The molecule has 0 atom stereocenters. The minimum atomic E-state index is -0.266. The van der Waals surface area contributed by atoms with Crippen molar-refractivity contribution in [3.63, 3.8) is 0 Å². The maximum Gasteiger partial charge on any atom is 0.253 e. The minimum absolute atomic E-state index is 0.166. The number of aromatic nitrogens is 1. The maximum atomic E-state index is 12.5. The van der Waals surface area contributed by atoms with Gasteiger partial charge in [-0.05, 0) is 56.5 Å². The number of H-pyrrole nitrogens is 1. The van der Waals surface area contributed by atoms with Crippen molar-refractivity contribution < 1.29 is 14.3 Å². The lowest BCUT2D eigenvalue weighted by atomic mass is 10.1. The van der Waals surface area contributed by atoms with Crippen LogP contribution in [-0.2, 0) is 6.54 Å². The van der Waals surface area contributed by atoms with E-state index in [9.17, 15) is 9.59 Å². The van der Waals surface area contributed by atoms with Crippen LogP contribution in [0.5, 0.6) is 11.5 Å². The van der Waals surface area contributed by atoms with E-state index in [0.717, 1.165) is 24.1 Å². The van der Waals surface area contributed by atoms with Crippen molar-refractivity contribution in [1.29, 1.82) is 0 Å². The first-order valence-corrected chi connectivity index (χ1v) is 9.33. The number of nitrogens with one attached hydrogen (secondary N) is 2. The zero-order valence-corrected chi connectivity index (χ0v) is 16.5. The molecule has 6 nitrogen and oxygen atoms in total. The third kappa shape index (κ3) is 5.61. The number of amides is 1. The number of aryl methyl sites for hydroxylation is 2. The van der Waals surface area contributed by atoms with Crippen LogP contribution in [0.3, 0.4) is 0 Å². The Morgan fingerprint density at radius 2 is 1.70 bits per heavy atom. The van der Waals surface area contributed by atoms with Gasteiger partial charge in [0, 0.05) is 23.4 Å². The van der Waals surface area contributed by atoms with Crippen LogP contribution in [0.15, 0.2) is 29.1 Å². The third-order valence-corrected chi connectivity index (χ3v) is 4.05. The molecule has 0 aliphatic rings. The predicted molar refractivity (Wildman–Crippen MR) is 106 cm³/mol. The van der Waals surface area contributed by atoms with Crippen LogP contribution >= 0.6 is 0 Å². The van der Waals surface area contributed by atoms with Crippen LogP contribution in [0.1, 0.15) is 53.9 Å². The average molecular weight is 372 g/mol. The second-order valence-corrected chi connectivity index (χ2v) is 6.48. The summed E-state index contributed by atoms with van der Waals surface area (Å²) < 4.78 is 11.4. The lowest BCUT2D eigenvalue weighted by molar-refractivity contribution is 0.0950. The summed E-state index contributed by atoms with van der Waals surface area (Å²) in [5.41, 5.74) is 2.49. The van der Waals surface area contributed by atoms with Gasteiger partial charge in [-0.15, -0.1) is 0 Å². The fraction of sp³-hybridized carbons (Fsp3) is 0.429. The van der Waals surface area contributed by atoms with E-state index in [1.165, 1.54) is 0 Å². The predicted octanol–water partition coefficient (Wildman–Crippen LogP) is 3.50. The van der Waals surface area contributed by atoms with Crippen LogP contribution < -0.4 is 20.3 Å². The van der Waals surface area contributed by atoms with Crippen molar-refractivity contribution >= 4 is 5.91 Å². The van der Waals surface area contributed by atoms with Gasteiger partial charge in [0.2, 0.25) is 0 Å². The van der Waals surface area contributed by atoms with Gasteiger partial charge in [-0.2, -0.15) is 0 Å². The van der Waals surface area contributed by atoms with Crippen molar-refractivity contribution in [2.45, 2.75) is 47.1 Å². The first-order chi connectivity index (χ1) is 13.0. The number of pyridine rings is 1. The quantitative estimate of drug-likeness (QED) is 0.706. The lowest BCUT2D eigenvalue weighted by Gasteiger charge is -2.14. The highest BCUT2D eigenvalue weighted by Gasteiger charge is 2.13. The Labute approximate surface area is 159 Å².